The molecule has 1 saturated heterocycles. The Kier molecular flexibility index (Phi) is 5.50. The molecule has 2 aromatic heterocycles. The minimum absolute atomic E-state index is 0.0760. The number of anilines is 2. The molecule has 1 amide bonds. The third kappa shape index (κ3) is 4.07. The highest BCUT2D eigenvalue weighted by molar-refractivity contribution is 7.13. The van der Waals surface area contributed by atoms with Crippen molar-refractivity contribution in [2.45, 2.75) is 38.1 Å². The van der Waals surface area contributed by atoms with Crippen molar-refractivity contribution >= 4 is 28.2 Å². The van der Waals surface area contributed by atoms with Crippen molar-refractivity contribution in [3.63, 3.8) is 0 Å². The molecule has 1 aliphatic carbocycles. The van der Waals surface area contributed by atoms with Gasteiger partial charge in [-0.15, -0.1) is 11.3 Å². The maximum absolute atomic E-state index is 12.4. The number of carbonyl (C=O) groups is 1. The lowest BCUT2D eigenvalue weighted by molar-refractivity contribution is -0.116. The van der Waals surface area contributed by atoms with Crippen molar-refractivity contribution in [1.29, 1.82) is 0 Å². The van der Waals surface area contributed by atoms with E-state index in [1.165, 1.54) is 12.8 Å². The molecule has 2 aromatic rings. The SMILES string of the molecule is O=C(CCN1CCN(c2nccs2)CC1)Nc1ccnn1C1CCCC1. The molecular weight excluding hydrogens is 348 g/mol. The van der Waals surface area contributed by atoms with Gasteiger partial charge in [0.15, 0.2) is 5.13 Å². The average molecular weight is 375 g/mol. The van der Waals surface area contributed by atoms with Crippen molar-refractivity contribution in [2.75, 3.05) is 42.9 Å². The fraction of sp³-hybridized carbons (Fsp3) is 0.611. The fourth-order valence-electron chi connectivity index (χ4n) is 3.85. The van der Waals surface area contributed by atoms with Gasteiger partial charge in [-0.1, -0.05) is 12.8 Å². The molecule has 0 unspecified atom stereocenters. The summed E-state index contributed by atoms with van der Waals surface area (Å²) in [5, 5.41) is 10.6. The number of hydrogen-bond donors (Lipinski definition) is 1. The van der Waals surface area contributed by atoms with Gasteiger partial charge in [0, 0.05) is 56.8 Å². The lowest BCUT2D eigenvalue weighted by Crippen LogP contribution is -2.47. The molecule has 0 aromatic carbocycles. The van der Waals surface area contributed by atoms with Crippen LogP contribution in [0.4, 0.5) is 10.9 Å². The van der Waals surface area contributed by atoms with Crippen molar-refractivity contribution in [2.24, 2.45) is 0 Å². The summed E-state index contributed by atoms with van der Waals surface area (Å²) >= 11 is 1.69. The Balaban J connectivity index is 1.22. The highest BCUT2D eigenvalue weighted by Crippen LogP contribution is 2.31. The van der Waals surface area contributed by atoms with Crippen molar-refractivity contribution in [1.82, 2.24) is 19.7 Å². The average Bonchev–Trinajstić information content (AvgIpc) is 3.41. The summed E-state index contributed by atoms with van der Waals surface area (Å²) in [7, 11) is 0. The van der Waals surface area contributed by atoms with Gasteiger partial charge in [-0.2, -0.15) is 5.10 Å². The molecule has 4 rings (SSSR count). The first-order chi connectivity index (χ1) is 12.8. The number of amides is 1. The minimum Gasteiger partial charge on any atom is -0.346 e. The van der Waals surface area contributed by atoms with Crippen LogP contribution in [0.25, 0.3) is 0 Å². The summed E-state index contributed by atoms with van der Waals surface area (Å²) in [6.45, 7) is 4.71. The van der Waals surface area contributed by atoms with E-state index in [0.29, 0.717) is 12.5 Å². The zero-order valence-corrected chi connectivity index (χ0v) is 15.8. The number of nitrogens with zero attached hydrogens (tertiary/aromatic N) is 5. The minimum atomic E-state index is 0.0760. The highest BCUT2D eigenvalue weighted by atomic mass is 32.1. The van der Waals surface area contributed by atoms with Gasteiger partial charge in [0.05, 0.1) is 12.2 Å². The van der Waals surface area contributed by atoms with Crippen LogP contribution in [-0.4, -0.2) is 58.3 Å². The Labute approximate surface area is 158 Å². The predicted octanol–water partition coefficient (Wildman–Crippen LogP) is 2.61. The maximum Gasteiger partial charge on any atom is 0.226 e. The van der Waals surface area contributed by atoms with E-state index in [0.717, 1.165) is 56.5 Å². The monoisotopic (exact) mass is 374 g/mol. The van der Waals surface area contributed by atoms with Crippen LogP contribution < -0.4 is 10.2 Å². The van der Waals surface area contributed by atoms with Gasteiger partial charge in [0.1, 0.15) is 5.82 Å². The molecule has 3 heterocycles. The van der Waals surface area contributed by atoms with Gasteiger partial charge in [-0.05, 0) is 12.8 Å². The number of rotatable bonds is 6. The van der Waals surface area contributed by atoms with Gasteiger partial charge in [0.2, 0.25) is 5.91 Å². The fourth-order valence-corrected chi connectivity index (χ4v) is 4.55. The Morgan fingerprint density at radius 3 is 2.73 bits per heavy atom. The second-order valence-corrected chi connectivity index (χ2v) is 7.91. The largest absolute Gasteiger partial charge is 0.346 e. The predicted molar refractivity (Wildman–Crippen MR) is 104 cm³/mol. The smallest absolute Gasteiger partial charge is 0.226 e. The summed E-state index contributed by atoms with van der Waals surface area (Å²) in [4.78, 5) is 21.4. The second-order valence-electron chi connectivity index (χ2n) is 7.04. The zero-order valence-electron chi connectivity index (χ0n) is 15.0. The standard InChI is InChI=1S/C18H26N6OS/c25-17(21-16-5-7-20-24(16)15-3-1-2-4-15)6-9-22-10-12-23(13-11-22)18-19-8-14-26-18/h5,7-8,14-15H,1-4,6,9-13H2,(H,21,25). The van der Waals surface area contributed by atoms with Crippen LogP contribution >= 0.6 is 11.3 Å². The van der Waals surface area contributed by atoms with Crippen LogP contribution in [0.15, 0.2) is 23.8 Å². The van der Waals surface area contributed by atoms with Crippen LogP contribution in [0, 0.1) is 0 Å². The molecule has 0 spiro atoms. The molecule has 7 nitrogen and oxygen atoms in total. The lowest BCUT2D eigenvalue weighted by Gasteiger charge is -2.34. The summed E-state index contributed by atoms with van der Waals surface area (Å²) in [5.74, 6) is 0.919. The second kappa shape index (κ2) is 8.18. The normalized spacial score (nSPS) is 19.2. The van der Waals surface area contributed by atoms with E-state index >= 15 is 0 Å². The van der Waals surface area contributed by atoms with Gasteiger partial charge in [-0.25, -0.2) is 9.67 Å². The molecule has 140 valence electrons. The first-order valence-electron chi connectivity index (χ1n) is 9.50. The number of thiazole rings is 1. The molecule has 2 aliphatic rings. The lowest BCUT2D eigenvalue weighted by atomic mass is 10.2. The van der Waals surface area contributed by atoms with Gasteiger partial charge < -0.3 is 10.2 Å². The third-order valence-electron chi connectivity index (χ3n) is 5.33. The third-order valence-corrected chi connectivity index (χ3v) is 6.16. The Morgan fingerprint density at radius 2 is 2.00 bits per heavy atom. The van der Waals surface area contributed by atoms with E-state index in [-0.39, 0.29) is 5.91 Å². The molecule has 1 aliphatic heterocycles. The quantitative estimate of drug-likeness (QED) is 0.842. The molecule has 8 heteroatoms. The van der Waals surface area contributed by atoms with Crippen LogP contribution in [0.1, 0.15) is 38.1 Å². The van der Waals surface area contributed by atoms with Crippen LogP contribution in [0.3, 0.4) is 0 Å². The van der Waals surface area contributed by atoms with E-state index in [9.17, 15) is 4.79 Å². The van der Waals surface area contributed by atoms with E-state index in [4.69, 9.17) is 0 Å². The molecule has 0 radical (unpaired) electrons. The van der Waals surface area contributed by atoms with Crippen LogP contribution in [0.5, 0.6) is 0 Å². The van der Waals surface area contributed by atoms with Crippen molar-refractivity contribution in [3.05, 3.63) is 23.8 Å². The van der Waals surface area contributed by atoms with Gasteiger partial charge in [-0.3, -0.25) is 9.69 Å². The van der Waals surface area contributed by atoms with E-state index in [2.05, 4.69) is 25.2 Å². The Morgan fingerprint density at radius 1 is 1.19 bits per heavy atom. The number of hydrogen-bond acceptors (Lipinski definition) is 6. The molecule has 0 bridgehead atoms. The number of piperazine rings is 1. The number of carbonyl (C=O) groups excluding carboxylic acids is 1. The molecular formula is C18H26N6OS. The van der Waals surface area contributed by atoms with Gasteiger partial charge >= 0.3 is 0 Å². The Hall–Kier alpha value is -1.93. The number of nitrogens with one attached hydrogen (secondary N) is 1. The topological polar surface area (TPSA) is 66.3 Å². The molecule has 26 heavy (non-hydrogen) atoms. The summed E-state index contributed by atoms with van der Waals surface area (Å²) in [5.41, 5.74) is 0. The molecule has 2 fully saturated rings. The Bertz CT molecular complexity index is 701. The summed E-state index contributed by atoms with van der Waals surface area (Å²) in [6.07, 6.45) is 8.99. The summed E-state index contributed by atoms with van der Waals surface area (Å²) < 4.78 is 2.00. The molecule has 1 saturated carbocycles. The zero-order chi connectivity index (χ0) is 17.8. The van der Waals surface area contributed by atoms with E-state index < -0.39 is 0 Å². The molecule has 0 atom stereocenters. The first kappa shape index (κ1) is 17.5. The first-order valence-corrected chi connectivity index (χ1v) is 10.4. The van der Waals surface area contributed by atoms with Crippen LogP contribution in [0.2, 0.25) is 0 Å². The number of aromatic nitrogens is 3. The van der Waals surface area contributed by atoms with E-state index in [1.807, 2.05) is 22.3 Å². The maximum atomic E-state index is 12.4. The highest BCUT2D eigenvalue weighted by Gasteiger charge is 2.22. The van der Waals surface area contributed by atoms with Crippen molar-refractivity contribution in [3.8, 4) is 0 Å². The molecule has 1 N–H and O–H groups in total. The van der Waals surface area contributed by atoms with Crippen molar-refractivity contribution < 1.29 is 4.79 Å². The van der Waals surface area contributed by atoms with Gasteiger partial charge in [0.25, 0.3) is 0 Å². The van der Waals surface area contributed by atoms with E-state index in [1.54, 1.807) is 17.5 Å². The van der Waals surface area contributed by atoms with Crippen LogP contribution in [-0.2, 0) is 4.79 Å². The summed E-state index contributed by atoms with van der Waals surface area (Å²) in [6, 6.07) is 2.35.